The summed E-state index contributed by atoms with van der Waals surface area (Å²) in [5.74, 6) is 0.526. The van der Waals surface area contributed by atoms with Crippen LogP contribution in [0.5, 0.6) is 5.75 Å². The predicted octanol–water partition coefficient (Wildman–Crippen LogP) is 4.08. The number of carbonyl (C=O) groups excluding carboxylic acids is 2. The maximum atomic E-state index is 12.5. The molecule has 0 aliphatic carbocycles. The Morgan fingerprint density at radius 3 is 2.15 bits per heavy atom. The van der Waals surface area contributed by atoms with Crippen molar-refractivity contribution in [3.63, 3.8) is 0 Å². The Kier molecular flexibility index (Phi) is 8.47. The van der Waals surface area contributed by atoms with Crippen molar-refractivity contribution in [2.75, 3.05) is 50.0 Å². The lowest BCUT2D eigenvalue weighted by molar-refractivity contribution is -0.117. The van der Waals surface area contributed by atoms with Gasteiger partial charge < -0.3 is 15.4 Å². The van der Waals surface area contributed by atoms with Gasteiger partial charge in [0.25, 0.3) is 5.91 Å². The van der Waals surface area contributed by atoms with Crippen LogP contribution >= 0.6 is 0 Å². The van der Waals surface area contributed by atoms with Gasteiger partial charge in [0.2, 0.25) is 5.91 Å². The first-order valence-electron chi connectivity index (χ1n) is 11.7. The third kappa shape index (κ3) is 7.58. The van der Waals surface area contributed by atoms with Crippen molar-refractivity contribution >= 4 is 23.2 Å². The highest BCUT2D eigenvalue weighted by Gasteiger charge is 2.24. The zero-order valence-corrected chi connectivity index (χ0v) is 20.2. The van der Waals surface area contributed by atoms with Crippen molar-refractivity contribution in [2.45, 2.75) is 39.7 Å². The molecule has 178 valence electrons. The summed E-state index contributed by atoms with van der Waals surface area (Å²) in [4.78, 5) is 29.7. The molecule has 2 N–H and O–H groups in total. The molecular formula is C26H36N4O3. The summed E-state index contributed by atoms with van der Waals surface area (Å²) in [5.41, 5.74) is 2.06. The van der Waals surface area contributed by atoms with E-state index in [4.69, 9.17) is 4.74 Å². The van der Waals surface area contributed by atoms with E-state index >= 15 is 0 Å². The molecule has 0 atom stereocenters. The normalized spacial score (nSPS) is 15.5. The van der Waals surface area contributed by atoms with Crippen molar-refractivity contribution < 1.29 is 14.3 Å². The molecule has 2 aromatic rings. The summed E-state index contributed by atoms with van der Waals surface area (Å²) < 4.78 is 5.42. The van der Waals surface area contributed by atoms with E-state index in [-0.39, 0.29) is 17.4 Å². The molecule has 33 heavy (non-hydrogen) atoms. The topological polar surface area (TPSA) is 73.9 Å². The zero-order valence-electron chi connectivity index (χ0n) is 20.2. The number of benzene rings is 2. The molecule has 0 bridgehead atoms. The van der Waals surface area contributed by atoms with Gasteiger partial charge in [-0.25, -0.2) is 0 Å². The number of carbonyl (C=O) groups is 2. The molecule has 1 heterocycles. The number of ether oxygens (including phenoxy) is 1. The van der Waals surface area contributed by atoms with Gasteiger partial charge in [0, 0.05) is 35.6 Å². The molecule has 0 radical (unpaired) electrons. The quantitative estimate of drug-likeness (QED) is 0.662. The molecule has 0 spiro atoms. The second-order valence-corrected chi connectivity index (χ2v) is 9.32. The van der Waals surface area contributed by atoms with Gasteiger partial charge in [-0.1, -0.05) is 0 Å². The number of amides is 2. The summed E-state index contributed by atoms with van der Waals surface area (Å²) >= 11 is 0. The minimum Gasteiger partial charge on any atom is -0.494 e. The van der Waals surface area contributed by atoms with Crippen molar-refractivity contribution in [3.8, 4) is 5.75 Å². The standard InChI is InChI=1S/C26H36N4O3/c1-5-33-23-13-11-22(12-14-23)28-25(32)20-7-9-21(10-8-20)27-24(31)19-29-15-6-16-30(18-17-29)26(2,3)4/h7-14H,5-6,15-19H2,1-4H3,(H,27,31)(H,28,32). The first-order valence-corrected chi connectivity index (χ1v) is 11.7. The summed E-state index contributed by atoms with van der Waals surface area (Å²) in [6.07, 6.45) is 1.06. The number of nitrogens with one attached hydrogen (secondary N) is 2. The molecule has 2 amide bonds. The molecule has 0 aromatic heterocycles. The Morgan fingerprint density at radius 2 is 1.52 bits per heavy atom. The summed E-state index contributed by atoms with van der Waals surface area (Å²) in [6.45, 7) is 13.4. The lowest BCUT2D eigenvalue weighted by atomic mass is 10.1. The molecule has 0 unspecified atom stereocenters. The number of nitrogens with zero attached hydrogens (tertiary/aromatic N) is 2. The summed E-state index contributed by atoms with van der Waals surface area (Å²) in [6, 6.07) is 14.2. The van der Waals surface area contributed by atoms with Gasteiger partial charge in [-0.15, -0.1) is 0 Å². The molecule has 2 aromatic carbocycles. The SMILES string of the molecule is CCOc1ccc(NC(=O)c2ccc(NC(=O)CN3CCCN(C(C)(C)C)CC3)cc2)cc1. The maximum absolute atomic E-state index is 12.5. The Balaban J connectivity index is 1.48. The highest BCUT2D eigenvalue weighted by atomic mass is 16.5. The van der Waals surface area contributed by atoms with Gasteiger partial charge in [0.15, 0.2) is 0 Å². The van der Waals surface area contributed by atoms with Gasteiger partial charge in [-0.2, -0.15) is 0 Å². The van der Waals surface area contributed by atoms with Crippen molar-refractivity contribution in [1.29, 1.82) is 0 Å². The van der Waals surface area contributed by atoms with E-state index in [0.29, 0.717) is 30.1 Å². The fourth-order valence-electron chi connectivity index (χ4n) is 3.91. The van der Waals surface area contributed by atoms with Crippen molar-refractivity contribution in [1.82, 2.24) is 9.80 Å². The zero-order chi connectivity index (χ0) is 23.8. The van der Waals surface area contributed by atoms with E-state index in [1.807, 2.05) is 19.1 Å². The Labute approximate surface area is 197 Å². The van der Waals surface area contributed by atoms with Crippen LogP contribution < -0.4 is 15.4 Å². The average Bonchev–Trinajstić information content (AvgIpc) is 3.01. The van der Waals surface area contributed by atoms with Crippen molar-refractivity contribution in [3.05, 3.63) is 54.1 Å². The number of hydrogen-bond acceptors (Lipinski definition) is 5. The summed E-state index contributed by atoms with van der Waals surface area (Å²) in [5, 5.41) is 5.81. The molecule has 3 rings (SSSR count). The van der Waals surface area contributed by atoms with E-state index < -0.39 is 0 Å². The van der Waals surface area contributed by atoms with E-state index in [1.54, 1.807) is 36.4 Å². The van der Waals surface area contributed by atoms with Gasteiger partial charge in [0.1, 0.15) is 5.75 Å². The second-order valence-electron chi connectivity index (χ2n) is 9.32. The average molecular weight is 453 g/mol. The molecule has 7 nitrogen and oxygen atoms in total. The molecule has 0 saturated carbocycles. The van der Waals surface area contributed by atoms with Crippen LogP contribution in [0, 0.1) is 0 Å². The van der Waals surface area contributed by atoms with E-state index in [2.05, 4.69) is 41.2 Å². The molecule has 7 heteroatoms. The number of hydrogen-bond donors (Lipinski definition) is 2. The Bertz CT molecular complexity index is 920. The maximum Gasteiger partial charge on any atom is 0.255 e. The first-order chi connectivity index (χ1) is 15.7. The van der Waals surface area contributed by atoms with Crippen LogP contribution in [0.1, 0.15) is 44.5 Å². The van der Waals surface area contributed by atoms with Crippen LogP contribution in [-0.2, 0) is 4.79 Å². The van der Waals surface area contributed by atoms with Gasteiger partial charge >= 0.3 is 0 Å². The Hall–Kier alpha value is -2.90. The molecule has 1 saturated heterocycles. The minimum atomic E-state index is -0.204. The van der Waals surface area contributed by atoms with Crippen LogP contribution in [0.15, 0.2) is 48.5 Å². The largest absolute Gasteiger partial charge is 0.494 e. The molecular weight excluding hydrogens is 416 g/mol. The highest BCUT2D eigenvalue weighted by Crippen LogP contribution is 2.18. The fourth-order valence-corrected chi connectivity index (χ4v) is 3.91. The van der Waals surface area contributed by atoms with Crippen molar-refractivity contribution in [2.24, 2.45) is 0 Å². The number of anilines is 2. The fraction of sp³-hybridized carbons (Fsp3) is 0.462. The third-order valence-electron chi connectivity index (χ3n) is 5.76. The smallest absolute Gasteiger partial charge is 0.255 e. The first kappa shape index (κ1) is 24.7. The molecule has 1 aliphatic rings. The van der Waals surface area contributed by atoms with Crippen LogP contribution in [0.4, 0.5) is 11.4 Å². The number of rotatable bonds is 7. The molecule has 1 fully saturated rings. The predicted molar refractivity (Wildman–Crippen MR) is 133 cm³/mol. The van der Waals surface area contributed by atoms with E-state index in [0.717, 1.165) is 38.3 Å². The van der Waals surface area contributed by atoms with Gasteiger partial charge in [-0.3, -0.25) is 19.4 Å². The lowest BCUT2D eigenvalue weighted by Gasteiger charge is -2.34. The van der Waals surface area contributed by atoms with Crippen LogP contribution in [0.2, 0.25) is 0 Å². The van der Waals surface area contributed by atoms with Crippen LogP contribution in [0.3, 0.4) is 0 Å². The summed E-state index contributed by atoms with van der Waals surface area (Å²) in [7, 11) is 0. The Morgan fingerprint density at radius 1 is 0.879 bits per heavy atom. The van der Waals surface area contributed by atoms with Crippen LogP contribution in [0.25, 0.3) is 0 Å². The lowest BCUT2D eigenvalue weighted by Crippen LogP contribution is -2.44. The monoisotopic (exact) mass is 452 g/mol. The van der Waals surface area contributed by atoms with Gasteiger partial charge in [-0.05, 0) is 95.7 Å². The third-order valence-corrected chi connectivity index (χ3v) is 5.76. The van der Waals surface area contributed by atoms with E-state index in [9.17, 15) is 9.59 Å². The minimum absolute atomic E-state index is 0.0363. The molecule has 1 aliphatic heterocycles. The highest BCUT2D eigenvalue weighted by molar-refractivity contribution is 6.04. The second kappa shape index (κ2) is 11.3. The van der Waals surface area contributed by atoms with E-state index in [1.165, 1.54) is 0 Å². The van der Waals surface area contributed by atoms with Crippen LogP contribution in [-0.4, -0.2) is 66.5 Å². The van der Waals surface area contributed by atoms with Gasteiger partial charge in [0.05, 0.1) is 13.2 Å².